The second-order valence-corrected chi connectivity index (χ2v) is 7.10. The lowest BCUT2D eigenvalue weighted by atomic mass is 10.2. The molecule has 2 aromatic rings. The molecule has 1 heterocycles. The minimum Gasteiger partial charge on any atom is -0.463 e. The van der Waals surface area contributed by atoms with Crippen LogP contribution in [0.15, 0.2) is 72.8 Å². The number of carbonyl (C=O) groups excluding carboxylic acids is 2. The van der Waals surface area contributed by atoms with Gasteiger partial charge in [0.1, 0.15) is 6.61 Å². The van der Waals surface area contributed by atoms with Crippen molar-refractivity contribution in [2.75, 3.05) is 13.2 Å². The molecular weight excluding hydrogens is 362 g/mol. The highest BCUT2D eigenvalue weighted by Crippen LogP contribution is 2.19. The summed E-state index contributed by atoms with van der Waals surface area (Å²) in [5, 5.41) is 0. The van der Waals surface area contributed by atoms with Crippen LogP contribution in [0.5, 0.6) is 0 Å². The molecule has 0 radical (unpaired) electrons. The minimum absolute atomic E-state index is 0.0188. The Morgan fingerprint density at radius 3 is 2.10 bits per heavy atom. The van der Waals surface area contributed by atoms with Crippen molar-refractivity contribution in [2.45, 2.75) is 31.7 Å². The second kappa shape index (κ2) is 11.0. The van der Waals surface area contributed by atoms with Crippen LogP contribution in [0.2, 0.25) is 0 Å². The molecule has 0 spiro atoms. The van der Waals surface area contributed by atoms with E-state index in [1.54, 1.807) is 0 Å². The predicted molar refractivity (Wildman–Crippen MR) is 116 cm³/mol. The Labute approximate surface area is 172 Å². The summed E-state index contributed by atoms with van der Waals surface area (Å²) in [6, 6.07) is 19.7. The van der Waals surface area contributed by atoms with E-state index in [4.69, 9.17) is 4.74 Å². The van der Waals surface area contributed by atoms with Crippen LogP contribution in [0.4, 0.5) is 0 Å². The number of hydrogen-bond acceptors (Lipinski definition) is 3. The maximum atomic E-state index is 12.5. The molecule has 1 atom stereocenters. The Bertz CT molecular complexity index is 843. The average molecular weight is 389 g/mol. The number of rotatable bonds is 8. The van der Waals surface area contributed by atoms with E-state index >= 15 is 0 Å². The first kappa shape index (κ1) is 20.6. The molecule has 0 aliphatic carbocycles. The van der Waals surface area contributed by atoms with Crippen molar-refractivity contribution >= 4 is 24.0 Å². The van der Waals surface area contributed by atoms with Gasteiger partial charge >= 0.3 is 5.97 Å². The molecule has 0 saturated carbocycles. The smallest absolute Gasteiger partial charge is 0.309 e. The van der Waals surface area contributed by atoms with Gasteiger partial charge in [0, 0.05) is 13.0 Å². The number of ether oxygens (including phenoxy) is 1. The molecule has 1 fully saturated rings. The number of benzene rings is 2. The van der Waals surface area contributed by atoms with Crippen LogP contribution < -0.4 is 0 Å². The molecule has 0 N–H and O–H groups in total. The van der Waals surface area contributed by atoms with E-state index < -0.39 is 0 Å². The standard InChI is InChI=1S/C25H27NO3/c27-24(17-7-14-21-10-3-1-4-11-21)26-19-9-16-23(26)20-29-25(28)18-8-15-22-12-5-2-6-13-22/h1-8,10-15,23H,9,16-20H2/b14-7+,15-8+/t23-/m0/s1. The van der Waals surface area contributed by atoms with Crippen molar-refractivity contribution in [3.8, 4) is 0 Å². The van der Waals surface area contributed by atoms with Crippen molar-refractivity contribution in [3.05, 3.63) is 83.9 Å². The van der Waals surface area contributed by atoms with Crippen molar-refractivity contribution in [1.82, 2.24) is 4.90 Å². The lowest BCUT2D eigenvalue weighted by molar-refractivity contribution is -0.146. The second-order valence-electron chi connectivity index (χ2n) is 7.10. The fraction of sp³-hybridized carbons (Fsp3) is 0.280. The number of amides is 1. The number of carbonyl (C=O) groups is 2. The molecule has 1 amide bonds. The van der Waals surface area contributed by atoms with Crippen LogP contribution in [0, 0.1) is 0 Å². The summed E-state index contributed by atoms with van der Waals surface area (Å²) in [5.74, 6) is -0.180. The van der Waals surface area contributed by atoms with Crippen LogP contribution in [-0.2, 0) is 14.3 Å². The molecule has 1 aliphatic rings. The average Bonchev–Trinajstić information content (AvgIpc) is 3.22. The van der Waals surface area contributed by atoms with Crippen molar-refractivity contribution in [1.29, 1.82) is 0 Å². The van der Waals surface area contributed by atoms with Crippen LogP contribution in [-0.4, -0.2) is 36.0 Å². The predicted octanol–water partition coefficient (Wildman–Crippen LogP) is 4.73. The largest absolute Gasteiger partial charge is 0.463 e. The monoisotopic (exact) mass is 389 g/mol. The molecule has 4 heteroatoms. The molecule has 0 aromatic heterocycles. The first-order valence-corrected chi connectivity index (χ1v) is 10.1. The van der Waals surface area contributed by atoms with Crippen LogP contribution in [0.25, 0.3) is 12.2 Å². The SMILES string of the molecule is O=C(C/C=C/c1ccccc1)OC[C@@H]1CCCN1C(=O)C/C=C/c1ccccc1. The highest BCUT2D eigenvalue weighted by atomic mass is 16.5. The third kappa shape index (κ3) is 6.75. The third-order valence-corrected chi connectivity index (χ3v) is 4.93. The normalized spacial score (nSPS) is 16.6. The maximum absolute atomic E-state index is 12.5. The molecule has 3 rings (SSSR count). The fourth-order valence-electron chi connectivity index (χ4n) is 3.42. The lowest BCUT2D eigenvalue weighted by Gasteiger charge is -2.24. The van der Waals surface area contributed by atoms with Gasteiger partial charge in [-0.1, -0.05) is 85.0 Å². The topological polar surface area (TPSA) is 46.6 Å². The Kier molecular flexibility index (Phi) is 7.81. The molecule has 1 saturated heterocycles. The van der Waals surface area contributed by atoms with Gasteiger partial charge in [-0.2, -0.15) is 0 Å². The summed E-state index contributed by atoms with van der Waals surface area (Å²) in [7, 11) is 0. The summed E-state index contributed by atoms with van der Waals surface area (Å²) in [6.45, 7) is 1.00. The van der Waals surface area contributed by atoms with Gasteiger partial charge in [-0.05, 0) is 24.0 Å². The van der Waals surface area contributed by atoms with Crippen molar-refractivity contribution < 1.29 is 14.3 Å². The number of esters is 1. The van der Waals surface area contributed by atoms with Gasteiger partial charge in [-0.3, -0.25) is 9.59 Å². The van der Waals surface area contributed by atoms with Crippen LogP contribution >= 0.6 is 0 Å². The molecule has 4 nitrogen and oxygen atoms in total. The van der Waals surface area contributed by atoms with E-state index in [0.717, 1.165) is 30.5 Å². The minimum atomic E-state index is -0.263. The summed E-state index contributed by atoms with van der Waals surface area (Å²) in [5.41, 5.74) is 2.13. The highest BCUT2D eigenvalue weighted by Gasteiger charge is 2.28. The molecule has 0 bridgehead atoms. The zero-order valence-electron chi connectivity index (χ0n) is 16.6. The van der Waals surface area contributed by atoms with E-state index in [1.807, 2.05) is 89.9 Å². The molecule has 29 heavy (non-hydrogen) atoms. The van der Waals surface area contributed by atoms with Crippen LogP contribution in [0.3, 0.4) is 0 Å². The summed E-state index contributed by atoms with van der Waals surface area (Å²) in [4.78, 5) is 26.4. The third-order valence-electron chi connectivity index (χ3n) is 4.93. The van der Waals surface area contributed by atoms with Gasteiger partial charge in [-0.25, -0.2) is 0 Å². The summed E-state index contributed by atoms with van der Waals surface area (Å²) >= 11 is 0. The van der Waals surface area contributed by atoms with Gasteiger partial charge in [0.2, 0.25) is 5.91 Å². The lowest BCUT2D eigenvalue weighted by Crippen LogP contribution is -2.38. The van der Waals surface area contributed by atoms with Crippen molar-refractivity contribution in [3.63, 3.8) is 0 Å². The summed E-state index contributed by atoms with van der Waals surface area (Å²) < 4.78 is 5.42. The molecular formula is C25H27NO3. The number of hydrogen-bond donors (Lipinski definition) is 0. The summed E-state index contributed by atoms with van der Waals surface area (Å²) in [6.07, 6.45) is 9.99. The van der Waals surface area contributed by atoms with E-state index in [-0.39, 0.29) is 30.9 Å². The first-order chi connectivity index (χ1) is 14.2. The van der Waals surface area contributed by atoms with E-state index in [1.165, 1.54) is 0 Å². The molecule has 150 valence electrons. The quantitative estimate of drug-likeness (QED) is 0.613. The number of likely N-dealkylation sites (tertiary alicyclic amines) is 1. The Hall–Kier alpha value is -3.14. The van der Waals surface area contributed by atoms with E-state index in [0.29, 0.717) is 6.42 Å². The molecule has 2 aromatic carbocycles. The van der Waals surface area contributed by atoms with Crippen molar-refractivity contribution in [2.24, 2.45) is 0 Å². The fourth-order valence-corrected chi connectivity index (χ4v) is 3.42. The van der Waals surface area contributed by atoms with Gasteiger partial charge in [0.25, 0.3) is 0 Å². The van der Waals surface area contributed by atoms with Gasteiger partial charge in [0.15, 0.2) is 0 Å². The zero-order chi connectivity index (χ0) is 20.3. The first-order valence-electron chi connectivity index (χ1n) is 10.1. The zero-order valence-corrected chi connectivity index (χ0v) is 16.6. The van der Waals surface area contributed by atoms with Gasteiger partial charge < -0.3 is 9.64 Å². The number of nitrogens with zero attached hydrogens (tertiary/aromatic N) is 1. The Morgan fingerprint density at radius 1 is 0.897 bits per heavy atom. The van der Waals surface area contributed by atoms with E-state index in [2.05, 4.69) is 0 Å². The molecule has 1 aliphatic heterocycles. The van der Waals surface area contributed by atoms with Crippen LogP contribution in [0.1, 0.15) is 36.8 Å². The van der Waals surface area contributed by atoms with Gasteiger partial charge in [-0.15, -0.1) is 0 Å². The molecule has 0 unspecified atom stereocenters. The maximum Gasteiger partial charge on any atom is 0.309 e. The highest BCUT2D eigenvalue weighted by molar-refractivity contribution is 5.79. The van der Waals surface area contributed by atoms with E-state index in [9.17, 15) is 9.59 Å². The Morgan fingerprint density at radius 2 is 1.48 bits per heavy atom. The van der Waals surface area contributed by atoms with Gasteiger partial charge in [0.05, 0.1) is 12.5 Å². The Balaban J connectivity index is 1.41.